The van der Waals surface area contributed by atoms with E-state index >= 15 is 0 Å². The average molecular weight is 348 g/mol. The van der Waals surface area contributed by atoms with Crippen molar-refractivity contribution in [3.05, 3.63) is 12.3 Å². The van der Waals surface area contributed by atoms with Gasteiger partial charge in [-0.05, 0) is 6.92 Å². The van der Waals surface area contributed by atoms with Crippen LogP contribution in [-0.2, 0) is 0 Å². The summed E-state index contributed by atoms with van der Waals surface area (Å²) in [6.45, 7) is 11.6. The van der Waals surface area contributed by atoms with Crippen molar-refractivity contribution >= 4 is 19.8 Å². The Morgan fingerprint density at radius 2 is 1.12 bits per heavy atom. The van der Waals surface area contributed by atoms with Gasteiger partial charge in [0.1, 0.15) is 0 Å². The van der Waals surface area contributed by atoms with E-state index in [1.807, 2.05) is 0 Å². The van der Waals surface area contributed by atoms with Gasteiger partial charge in [0.05, 0.1) is 5.76 Å². The first-order chi connectivity index (χ1) is 8.08. The molecule has 0 bridgehead atoms. The van der Waals surface area contributed by atoms with Gasteiger partial charge in [-0.1, -0.05) is 6.58 Å². The molecule has 0 aromatic rings. The third-order valence-corrected chi connectivity index (χ3v) is 11.7. The second-order valence-electron chi connectivity index (χ2n) is 4.80. The number of hydrogen-bond acceptors (Lipinski definition) is 1. The van der Waals surface area contributed by atoms with Crippen molar-refractivity contribution in [2.75, 3.05) is 0 Å². The summed E-state index contributed by atoms with van der Waals surface area (Å²) in [6.07, 6.45) is 8.85. The molecule has 0 aromatic carbocycles. The van der Waals surface area contributed by atoms with Crippen molar-refractivity contribution in [3.63, 3.8) is 0 Å². The third kappa shape index (κ3) is 22.1. The first-order valence-electron chi connectivity index (χ1n) is 7.26. The molecule has 0 amide bonds. The summed E-state index contributed by atoms with van der Waals surface area (Å²) >= 11 is -0.839. The molecule has 0 spiro atoms. The zero-order valence-corrected chi connectivity index (χ0v) is 15.4. The van der Waals surface area contributed by atoms with Crippen LogP contribution >= 0.6 is 0 Å². The van der Waals surface area contributed by atoms with E-state index in [-0.39, 0.29) is 5.76 Å². The zero-order chi connectivity index (χ0) is 13.5. The SMILES string of the molecule is C=C(C)O.CCC[CH2][Sn]([CH2]CCC)[CH2]CCC. The fourth-order valence-electron chi connectivity index (χ4n) is 1.66. The first-order valence-corrected chi connectivity index (χ1v) is 13.3. The second kappa shape index (κ2) is 16.3. The van der Waals surface area contributed by atoms with Crippen molar-refractivity contribution in [1.82, 2.24) is 0 Å². The van der Waals surface area contributed by atoms with E-state index in [0.717, 1.165) is 0 Å². The van der Waals surface area contributed by atoms with Gasteiger partial charge in [0.25, 0.3) is 0 Å². The minimum atomic E-state index is -0.839. The predicted molar refractivity (Wildman–Crippen MR) is 82.3 cm³/mol. The summed E-state index contributed by atoms with van der Waals surface area (Å²) in [5.41, 5.74) is 0. The molecule has 0 unspecified atom stereocenters. The topological polar surface area (TPSA) is 20.2 Å². The van der Waals surface area contributed by atoms with Crippen molar-refractivity contribution < 1.29 is 5.11 Å². The van der Waals surface area contributed by atoms with Crippen LogP contribution in [-0.4, -0.2) is 24.9 Å². The van der Waals surface area contributed by atoms with Gasteiger partial charge in [0.15, 0.2) is 0 Å². The Morgan fingerprint density at radius 3 is 1.29 bits per heavy atom. The fourth-order valence-corrected chi connectivity index (χ4v) is 11.1. The van der Waals surface area contributed by atoms with Crippen LogP contribution in [0.1, 0.15) is 66.2 Å². The van der Waals surface area contributed by atoms with Crippen LogP contribution in [0.5, 0.6) is 0 Å². The van der Waals surface area contributed by atoms with Crippen LogP contribution < -0.4 is 0 Å². The number of hydrogen-bond donors (Lipinski definition) is 1. The number of aliphatic hydroxyl groups excluding tert-OH is 1. The van der Waals surface area contributed by atoms with E-state index < -0.39 is 19.8 Å². The monoisotopic (exact) mass is 349 g/mol. The van der Waals surface area contributed by atoms with Gasteiger partial charge >= 0.3 is 92.4 Å². The first kappa shape index (κ1) is 19.7. The number of aliphatic hydroxyl groups is 1. The van der Waals surface area contributed by atoms with Gasteiger partial charge in [-0.2, -0.15) is 0 Å². The Kier molecular flexibility index (Phi) is 18.9. The van der Waals surface area contributed by atoms with Crippen molar-refractivity contribution in [3.8, 4) is 0 Å². The second-order valence-corrected chi connectivity index (χ2v) is 13.4. The van der Waals surface area contributed by atoms with E-state index in [4.69, 9.17) is 5.11 Å². The van der Waals surface area contributed by atoms with E-state index in [2.05, 4.69) is 27.4 Å². The standard InChI is InChI=1S/3C4H9.C3H6O.Sn/c3*1-3-4-2;1-3(2)4;/h3*1,3-4H2,2H3;4H,1H2,2H3;. The van der Waals surface area contributed by atoms with Gasteiger partial charge in [-0.25, -0.2) is 0 Å². The Labute approximate surface area is 116 Å². The van der Waals surface area contributed by atoms with Gasteiger partial charge in [0, 0.05) is 0 Å². The molecule has 2 heteroatoms. The van der Waals surface area contributed by atoms with Crippen molar-refractivity contribution in [1.29, 1.82) is 0 Å². The summed E-state index contributed by atoms with van der Waals surface area (Å²) in [4.78, 5) is 0. The Morgan fingerprint density at radius 1 is 0.882 bits per heavy atom. The average Bonchev–Trinajstić information content (AvgIpc) is 2.27. The molecular formula is C15H33OSn. The zero-order valence-electron chi connectivity index (χ0n) is 12.5. The van der Waals surface area contributed by atoms with Gasteiger partial charge < -0.3 is 5.11 Å². The predicted octanol–water partition coefficient (Wildman–Crippen LogP) is 5.96. The van der Waals surface area contributed by atoms with E-state index in [1.165, 1.54) is 45.4 Å². The molecule has 1 N–H and O–H groups in total. The van der Waals surface area contributed by atoms with Crippen molar-refractivity contribution in [2.45, 2.75) is 79.5 Å². The Bertz CT molecular complexity index is 134. The van der Waals surface area contributed by atoms with Gasteiger partial charge in [-0.3, -0.25) is 0 Å². The van der Waals surface area contributed by atoms with Crippen LogP contribution in [0.25, 0.3) is 0 Å². The molecule has 1 radical (unpaired) electrons. The molecule has 0 rings (SSSR count). The summed E-state index contributed by atoms with van der Waals surface area (Å²) in [5, 5.41) is 7.86. The Balaban J connectivity index is 0. The normalized spacial score (nSPS) is 9.94. The van der Waals surface area contributed by atoms with E-state index in [0.29, 0.717) is 0 Å². The van der Waals surface area contributed by atoms with Crippen LogP contribution in [0.4, 0.5) is 0 Å². The molecular weight excluding hydrogens is 315 g/mol. The molecule has 1 nitrogen and oxygen atoms in total. The fraction of sp³-hybridized carbons (Fsp3) is 0.867. The van der Waals surface area contributed by atoms with Crippen LogP contribution in [0.15, 0.2) is 12.3 Å². The number of allylic oxidation sites excluding steroid dienone is 1. The molecule has 0 aliphatic carbocycles. The molecule has 0 aromatic heterocycles. The summed E-state index contributed by atoms with van der Waals surface area (Å²) < 4.78 is 5.04. The van der Waals surface area contributed by atoms with E-state index in [9.17, 15) is 0 Å². The summed E-state index contributed by atoms with van der Waals surface area (Å²) in [5.74, 6) is 0.167. The molecule has 17 heavy (non-hydrogen) atoms. The van der Waals surface area contributed by atoms with Crippen LogP contribution in [0.2, 0.25) is 13.3 Å². The molecule has 0 saturated heterocycles. The Hall–Kier alpha value is 0.339. The van der Waals surface area contributed by atoms with Gasteiger partial charge in [-0.15, -0.1) is 0 Å². The van der Waals surface area contributed by atoms with Crippen molar-refractivity contribution in [2.24, 2.45) is 0 Å². The summed E-state index contributed by atoms with van der Waals surface area (Å²) in [6, 6.07) is 0. The number of unbranched alkanes of at least 4 members (excludes halogenated alkanes) is 3. The maximum atomic E-state index is 7.86. The minimum absolute atomic E-state index is 0.167. The number of rotatable bonds is 9. The third-order valence-electron chi connectivity index (χ3n) is 2.65. The molecule has 0 heterocycles. The molecule has 0 aliphatic heterocycles. The van der Waals surface area contributed by atoms with Gasteiger partial charge in [0.2, 0.25) is 0 Å². The van der Waals surface area contributed by atoms with Crippen LogP contribution in [0, 0.1) is 0 Å². The molecule has 0 saturated carbocycles. The maximum absolute atomic E-state index is 7.86. The molecule has 0 fully saturated rings. The molecule has 0 atom stereocenters. The van der Waals surface area contributed by atoms with Crippen LogP contribution in [0.3, 0.4) is 0 Å². The van der Waals surface area contributed by atoms with E-state index in [1.54, 1.807) is 13.3 Å². The molecule has 0 aliphatic rings. The summed E-state index contributed by atoms with van der Waals surface area (Å²) in [7, 11) is 0. The molecule has 103 valence electrons. The quantitative estimate of drug-likeness (QED) is 0.403.